The van der Waals surface area contributed by atoms with Crippen LogP contribution in [-0.4, -0.2) is 38.8 Å². The van der Waals surface area contributed by atoms with Crippen molar-refractivity contribution in [3.05, 3.63) is 0 Å². The number of hydrogen-bond acceptors (Lipinski definition) is 7. The molecule has 1 aromatic heterocycles. The number of amides is 1. The molecule has 6 nitrogen and oxygen atoms in total. The van der Waals surface area contributed by atoms with Crippen molar-refractivity contribution in [3.63, 3.8) is 0 Å². The molecule has 0 spiro atoms. The summed E-state index contributed by atoms with van der Waals surface area (Å²) < 4.78 is 3.52. The summed E-state index contributed by atoms with van der Waals surface area (Å²) in [6.45, 7) is 0. The highest BCUT2D eigenvalue weighted by molar-refractivity contribution is 7.98. The Kier molecular flexibility index (Phi) is 4.77. The molecular weight excluding hydrogens is 222 g/mol. The van der Waals surface area contributed by atoms with E-state index in [2.05, 4.69) is 20.1 Å². The first-order valence-electron chi connectivity index (χ1n) is 3.94. The Morgan fingerprint density at radius 3 is 3.14 bits per heavy atom. The van der Waals surface area contributed by atoms with E-state index in [0.717, 1.165) is 17.3 Å². The lowest BCUT2D eigenvalue weighted by molar-refractivity contribution is -0.117. The van der Waals surface area contributed by atoms with Gasteiger partial charge in [-0.1, -0.05) is 9.59 Å². The molecule has 1 heterocycles. The second-order valence-electron chi connectivity index (χ2n) is 2.54. The molecule has 78 valence electrons. The first kappa shape index (κ1) is 11.3. The molecule has 0 radical (unpaired) electrons. The van der Waals surface area contributed by atoms with Crippen LogP contribution in [0, 0.1) is 0 Å². The number of nitrogens with two attached hydrogens (primary N) is 1. The number of hydrogen-bond donors (Lipinski definition) is 2. The van der Waals surface area contributed by atoms with E-state index < -0.39 is 6.04 Å². The smallest absolute Gasteiger partial charge is 0.243 e. The Bertz CT molecular complexity index is 278. The minimum atomic E-state index is -0.494. The van der Waals surface area contributed by atoms with Crippen LogP contribution in [0.25, 0.3) is 0 Å². The molecule has 1 aromatic rings. The summed E-state index contributed by atoms with van der Waals surface area (Å²) >= 11 is 2.69. The van der Waals surface area contributed by atoms with Crippen molar-refractivity contribution in [2.45, 2.75) is 12.5 Å². The van der Waals surface area contributed by atoms with Crippen molar-refractivity contribution in [3.8, 4) is 0 Å². The van der Waals surface area contributed by atoms with Gasteiger partial charge in [-0.15, -0.1) is 0 Å². The van der Waals surface area contributed by atoms with Crippen LogP contribution in [0.1, 0.15) is 6.42 Å². The van der Waals surface area contributed by atoms with Crippen LogP contribution in [0.2, 0.25) is 0 Å². The Labute approximate surface area is 89.8 Å². The predicted octanol–water partition coefficient (Wildman–Crippen LogP) is -0.0480. The number of carbonyl (C=O) groups is 1. The van der Waals surface area contributed by atoms with Gasteiger partial charge in [-0.2, -0.15) is 11.8 Å². The number of nitrogens with zero attached hydrogens (tertiary/aromatic N) is 3. The molecule has 1 atom stereocenters. The molecule has 1 amide bonds. The van der Waals surface area contributed by atoms with Crippen molar-refractivity contribution < 1.29 is 4.79 Å². The lowest BCUT2D eigenvalue weighted by atomic mass is 10.2. The van der Waals surface area contributed by atoms with Crippen LogP contribution in [0.5, 0.6) is 0 Å². The third-order valence-electron chi connectivity index (χ3n) is 1.50. The normalized spacial score (nSPS) is 12.4. The van der Waals surface area contributed by atoms with E-state index in [-0.39, 0.29) is 5.91 Å². The SMILES string of the molecule is CSCC[C@@H](N)C(=O)Nc1nnns1. The van der Waals surface area contributed by atoms with Gasteiger partial charge in [0, 0.05) is 11.5 Å². The maximum Gasteiger partial charge on any atom is 0.243 e. The van der Waals surface area contributed by atoms with E-state index in [1.54, 1.807) is 11.8 Å². The van der Waals surface area contributed by atoms with Crippen molar-refractivity contribution in [1.82, 2.24) is 14.8 Å². The second-order valence-corrected chi connectivity index (χ2v) is 4.26. The molecule has 0 saturated heterocycles. The number of nitrogens with one attached hydrogen (secondary N) is 1. The summed E-state index contributed by atoms with van der Waals surface area (Å²) in [6, 6.07) is -0.494. The van der Waals surface area contributed by atoms with Crippen molar-refractivity contribution in [2.75, 3.05) is 17.3 Å². The fraction of sp³-hybridized carbons (Fsp3) is 0.667. The topological polar surface area (TPSA) is 93.8 Å². The van der Waals surface area contributed by atoms with Gasteiger partial charge in [0.2, 0.25) is 11.0 Å². The van der Waals surface area contributed by atoms with Gasteiger partial charge in [-0.3, -0.25) is 10.1 Å². The van der Waals surface area contributed by atoms with Gasteiger partial charge < -0.3 is 5.73 Å². The molecule has 14 heavy (non-hydrogen) atoms. The van der Waals surface area contributed by atoms with E-state index >= 15 is 0 Å². The van der Waals surface area contributed by atoms with Crippen LogP contribution < -0.4 is 11.1 Å². The van der Waals surface area contributed by atoms with E-state index in [0.29, 0.717) is 11.6 Å². The fourth-order valence-electron chi connectivity index (χ4n) is 0.756. The maximum absolute atomic E-state index is 11.4. The largest absolute Gasteiger partial charge is 0.320 e. The molecule has 0 aliphatic heterocycles. The van der Waals surface area contributed by atoms with Crippen molar-refractivity contribution in [2.24, 2.45) is 5.73 Å². The standard InChI is InChI=1S/C6H11N5OS2/c1-13-3-2-4(7)5(12)8-6-9-10-11-14-6/h4H,2-3,7H2,1H3,(H,8,9,11,12)/t4-/m1/s1. The fourth-order valence-corrected chi connectivity index (χ4v) is 1.62. The third kappa shape index (κ3) is 3.56. The summed E-state index contributed by atoms with van der Waals surface area (Å²) in [5.41, 5.74) is 5.63. The monoisotopic (exact) mass is 233 g/mol. The zero-order valence-electron chi connectivity index (χ0n) is 7.64. The molecule has 0 unspecified atom stereocenters. The molecule has 0 fully saturated rings. The molecule has 3 N–H and O–H groups in total. The Hall–Kier alpha value is -0.730. The lowest BCUT2D eigenvalue weighted by Gasteiger charge is -2.08. The van der Waals surface area contributed by atoms with Gasteiger partial charge in [-0.25, -0.2) is 0 Å². The number of carbonyl (C=O) groups excluding carboxylic acids is 1. The van der Waals surface area contributed by atoms with Gasteiger partial charge in [0.25, 0.3) is 0 Å². The van der Waals surface area contributed by atoms with Crippen LogP contribution >= 0.6 is 23.3 Å². The molecule has 0 bridgehead atoms. The van der Waals surface area contributed by atoms with Gasteiger partial charge in [0.15, 0.2) is 0 Å². The summed E-state index contributed by atoms with van der Waals surface area (Å²) in [5.74, 6) is 0.626. The average Bonchev–Trinajstić information content (AvgIpc) is 2.66. The quantitative estimate of drug-likeness (QED) is 0.740. The highest BCUT2D eigenvalue weighted by atomic mass is 32.2. The molecule has 0 aromatic carbocycles. The van der Waals surface area contributed by atoms with Crippen LogP contribution in [0.15, 0.2) is 0 Å². The number of rotatable bonds is 5. The average molecular weight is 233 g/mol. The minimum Gasteiger partial charge on any atom is -0.320 e. The number of thioether (sulfide) groups is 1. The second kappa shape index (κ2) is 5.89. The van der Waals surface area contributed by atoms with Gasteiger partial charge in [0.1, 0.15) is 0 Å². The maximum atomic E-state index is 11.4. The Balaban J connectivity index is 2.34. The first-order chi connectivity index (χ1) is 6.74. The van der Waals surface area contributed by atoms with Gasteiger partial charge in [-0.05, 0) is 23.6 Å². The summed E-state index contributed by atoms with van der Waals surface area (Å²) in [7, 11) is 0. The van der Waals surface area contributed by atoms with E-state index in [1.807, 2.05) is 6.26 Å². The first-order valence-corrected chi connectivity index (χ1v) is 6.11. The zero-order valence-corrected chi connectivity index (χ0v) is 9.27. The highest BCUT2D eigenvalue weighted by Crippen LogP contribution is 2.06. The lowest BCUT2D eigenvalue weighted by Crippen LogP contribution is -2.36. The number of aromatic nitrogens is 3. The Morgan fingerprint density at radius 2 is 2.57 bits per heavy atom. The van der Waals surface area contributed by atoms with Crippen LogP contribution in [-0.2, 0) is 4.79 Å². The van der Waals surface area contributed by atoms with E-state index in [1.165, 1.54) is 0 Å². The van der Waals surface area contributed by atoms with Crippen molar-refractivity contribution in [1.29, 1.82) is 0 Å². The Morgan fingerprint density at radius 1 is 1.79 bits per heavy atom. The summed E-state index contributed by atoms with van der Waals surface area (Å²) in [6.07, 6.45) is 2.62. The van der Waals surface area contributed by atoms with Gasteiger partial charge in [0.05, 0.1) is 6.04 Å². The molecule has 0 aliphatic carbocycles. The van der Waals surface area contributed by atoms with Gasteiger partial charge >= 0.3 is 0 Å². The predicted molar refractivity (Wildman–Crippen MR) is 57.3 cm³/mol. The zero-order chi connectivity index (χ0) is 10.4. The molecule has 0 aliphatic rings. The molecule has 0 saturated carbocycles. The van der Waals surface area contributed by atoms with Crippen molar-refractivity contribution >= 4 is 34.3 Å². The summed E-state index contributed by atoms with van der Waals surface area (Å²) in [5, 5.41) is 9.86. The van der Waals surface area contributed by atoms with Crippen LogP contribution in [0.4, 0.5) is 5.13 Å². The number of anilines is 1. The molecule has 1 rings (SSSR count). The molecule has 8 heteroatoms. The third-order valence-corrected chi connectivity index (χ3v) is 2.65. The molecular formula is C6H11N5OS2. The minimum absolute atomic E-state index is 0.238. The summed E-state index contributed by atoms with van der Waals surface area (Å²) in [4.78, 5) is 11.4. The van der Waals surface area contributed by atoms with E-state index in [9.17, 15) is 4.79 Å². The highest BCUT2D eigenvalue weighted by Gasteiger charge is 2.14. The van der Waals surface area contributed by atoms with Crippen LogP contribution in [0.3, 0.4) is 0 Å². The van der Waals surface area contributed by atoms with E-state index in [4.69, 9.17) is 5.73 Å².